The number of hydrazine groups is 1. The van der Waals surface area contributed by atoms with Gasteiger partial charge in [-0.2, -0.15) is 0 Å². The van der Waals surface area contributed by atoms with Crippen LogP contribution in [0.4, 0.5) is 10.1 Å². The van der Waals surface area contributed by atoms with Gasteiger partial charge in [0.25, 0.3) is 11.8 Å². The van der Waals surface area contributed by atoms with Crippen molar-refractivity contribution in [3.05, 3.63) is 64.9 Å². The van der Waals surface area contributed by atoms with Gasteiger partial charge in [-0.25, -0.2) is 4.39 Å². The summed E-state index contributed by atoms with van der Waals surface area (Å²) >= 11 is 5.86. The summed E-state index contributed by atoms with van der Waals surface area (Å²) < 4.78 is 17.5. The quantitative estimate of drug-likeness (QED) is 0.468. The van der Waals surface area contributed by atoms with Gasteiger partial charge in [-0.1, -0.05) is 23.7 Å². The zero-order chi connectivity index (χ0) is 21.2. The van der Waals surface area contributed by atoms with Crippen molar-refractivity contribution < 1.29 is 28.3 Å². The van der Waals surface area contributed by atoms with E-state index in [1.54, 1.807) is 12.1 Å². The van der Waals surface area contributed by atoms with E-state index in [2.05, 4.69) is 16.2 Å². The number of benzene rings is 2. The molecule has 152 valence electrons. The molecule has 3 amide bonds. The number of ether oxygens (including phenoxy) is 1. The smallest absolute Gasteiger partial charge is 0.306 e. The van der Waals surface area contributed by atoms with Crippen LogP contribution in [0.15, 0.2) is 48.5 Å². The summed E-state index contributed by atoms with van der Waals surface area (Å²) in [5, 5.41) is 2.70. The highest BCUT2D eigenvalue weighted by Gasteiger charge is 2.13. The molecule has 3 N–H and O–H groups in total. The second kappa shape index (κ2) is 10.8. The van der Waals surface area contributed by atoms with E-state index in [9.17, 15) is 23.6 Å². The van der Waals surface area contributed by atoms with Crippen molar-refractivity contribution in [3.63, 3.8) is 0 Å². The standard InChI is InChI=1S/C19H17ClFN3O5/c20-15-4-2-1-3-14(15)19(28)24-23-17(26)11-29-18(27)10-9-16(25)22-13-7-5-12(21)6-8-13/h1-8H,9-11H2,(H,22,25)(H,23,26)(H,24,28). The van der Waals surface area contributed by atoms with Crippen molar-refractivity contribution in [3.8, 4) is 0 Å². The number of anilines is 1. The number of amides is 3. The first kappa shape index (κ1) is 21.8. The van der Waals surface area contributed by atoms with Crippen LogP contribution in [0.3, 0.4) is 0 Å². The van der Waals surface area contributed by atoms with Crippen LogP contribution in [0.1, 0.15) is 23.2 Å². The average molecular weight is 422 g/mol. The van der Waals surface area contributed by atoms with Crippen LogP contribution in [-0.2, 0) is 19.1 Å². The summed E-state index contributed by atoms with van der Waals surface area (Å²) in [7, 11) is 0. The van der Waals surface area contributed by atoms with Crippen molar-refractivity contribution >= 4 is 41.0 Å². The molecule has 0 saturated carbocycles. The lowest BCUT2D eigenvalue weighted by molar-refractivity contribution is -0.149. The topological polar surface area (TPSA) is 114 Å². The third-order valence-electron chi connectivity index (χ3n) is 3.48. The van der Waals surface area contributed by atoms with E-state index in [0.29, 0.717) is 5.69 Å². The van der Waals surface area contributed by atoms with Gasteiger partial charge in [0.15, 0.2) is 6.61 Å². The van der Waals surface area contributed by atoms with Crippen LogP contribution >= 0.6 is 11.6 Å². The Morgan fingerprint density at radius 2 is 1.59 bits per heavy atom. The molecule has 0 aromatic heterocycles. The summed E-state index contributed by atoms with van der Waals surface area (Å²) in [5.74, 6) is -3.08. The molecule has 8 nitrogen and oxygen atoms in total. The second-order valence-corrected chi connectivity index (χ2v) is 6.11. The SMILES string of the molecule is O=C(COC(=O)CCC(=O)Nc1ccc(F)cc1)NNC(=O)c1ccccc1Cl. The number of carbonyl (C=O) groups is 4. The van der Waals surface area contributed by atoms with Gasteiger partial charge in [-0.15, -0.1) is 0 Å². The van der Waals surface area contributed by atoms with Crippen LogP contribution in [0.25, 0.3) is 0 Å². The average Bonchev–Trinajstić information content (AvgIpc) is 2.71. The largest absolute Gasteiger partial charge is 0.455 e. The molecule has 10 heteroatoms. The van der Waals surface area contributed by atoms with Crippen LogP contribution in [-0.4, -0.2) is 30.3 Å². The molecular weight excluding hydrogens is 405 g/mol. The van der Waals surface area contributed by atoms with E-state index in [1.165, 1.54) is 36.4 Å². The highest BCUT2D eigenvalue weighted by molar-refractivity contribution is 6.33. The Kier molecular flexibility index (Phi) is 8.11. The molecule has 0 aliphatic rings. The highest BCUT2D eigenvalue weighted by atomic mass is 35.5. The third-order valence-corrected chi connectivity index (χ3v) is 3.81. The van der Waals surface area contributed by atoms with Gasteiger partial charge in [0.05, 0.1) is 17.0 Å². The van der Waals surface area contributed by atoms with E-state index in [4.69, 9.17) is 16.3 Å². The Labute approximate surface area is 170 Å². The van der Waals surface area contributed by atoms with Gasteiger partial charge < -0.3 is 10.1 Å². The Morgan fingerprint density at radius 3 is 2.28 bits per heavy atom. The van der Waals surface area contributed by atoms with Crippen LogP contribution in [0, 0.1) is 5.82 Å². The lowest BCUT2D eigenvalue weighted by Gasteiger charge is -2.09. The molecule has 0 fully saturated rings. The molecule has 0 radical (unpaired) electrons. The Balaban J connectivity index is 1.64. The molecule has 0 aliphatic heterocycles. The van der Waals surface area contributed by atoms with Gasteiger partial charge >= 0.3 is 5.97 Å². The van der Waals surface area contributed by atoms with E-state index in [1.807, 2.05) is 0 Å². The fourth-order valence-electron chi connectivity index (χ4n) is 2.07. The van der Waals surface area contributed by atoms with Crippen molar-refractivity contribution in [1.82, 2.24) is 10.9 Å². The molecule has 0 aliphatic carbocycles. The Hall–Kier alpha value is -3.46. The van der Waals surface area contributed by atoms with Crippen molar-refractivity contribution in [2.75, 3.05) is 11.9 Å². The maximum atomic E-state index is 12.8. The number of halogens is 2. The fraction of sp³-hybridized carbons (Fsp3) is 0.158. The van der Waals surface area contributed by atoms with Gasteiger partial charge in [0, 0.05) is 12.1 Å². The van der Waals surface area contributed by atoms with Crippen molar-refractivity contribution in [1.29, 1.82) is 0 Å². The summed E-state index contributed by atoms with van der Waals surface area (Å²) in [5.41, 5.74) is 4.77. The van der Waals surface area contributed by atoms with Crippen molar-refractivity contribution in [2.24, 2.45) is 0 Å². The molecule has 2 aromatic rings. The zero-order valence-electron chi connectivity index (χ0n) is 15.0. The number of nitrogens with one attached hydrogen (secondary N) is 3. The third kappa shape index (κ3) is 7.59. The van der Waals surface area contributed by atoms with E-state index < -0.39 is 36.1 Å². The fourth-order valence-corrected chi connectivity index (χ4v) is 2.29. The number of hydrogen-bond donors (Lipinski definition) is 3. The lowest BCUT2D eigenvalue weighted by atomic mass is 10.2. The number of hydrogen-bond acceptors (Lipinski definition) is 5. The molecule has 0 unspecified atom stereocenters. The molecule has 0 heterocycles. The Morgan fingerprint density at radius 1 is 0.897 bits per heavy atom. The van der Waals surface area contributed by atoms with E-state index in [0.717, 1.165) is 0 Å². The first-order valence-corrected chi connectivity index (χ1v) is 8.77. The van der Waals surface area contributed by atoms with Gasteiger partial charge in [0.1, 0.15) is 5.82 Å². The van der Waals surface area contributed by atoms with Gasteiger partial charge in [0.2, 0.25) is 5.91 Å². The van der Waals surface area contributed by atoms with Crippen molar-refractivity contribution in [2.45, 2.75) is 12.8 Å². The highest BCUT2D eigenvalue weighted by Crippen LogP contribution is 2.14. The minimum Gasteiger partial charge on any atom is -0.455 e. The van der Waals surface area contributed by atoms with Gasteiger partial charge in [-0.3, -0.25) is 30.0 Å². The summed E-state index contributed by atoms with van der Waals surface area (Å²) in [4.78, 5) is 46.8. The number of rotatable bonds is 7. The van der Waals surface area contributed by atoms with E-state index in [-0.39, 0.29) is 23.4 Å². The minimum absolute atomic E-state index is 0.165. The van der Waals surface area contributed by atoms with Gasteiger partial charge in [-0.05, 0) is 36.4 Å². The predicted octanol–water partition coefficient (Wildman–Crippen LogP) is 2.20. The summed E-state index contributed by atoms with van der Waals surface area (Å²) in [6.45, 7) is -0.638. The second-order valence-electron chi connectivity index (χ2n) is 5.70. The molecule has 0 bridgehead atoms. The molecule has 0 spiro atoms. The normalized spacial score (nSPS) is 10.0. The number of esters is 1. The molecule has 0 atom stereocenters. The maximum Gasteiger partial charge on any atom is 0.306 e. The van der Waals surface area contributed by atoms with Crippen LogP contribution < -0.4 is 16.2 Å². The van der Waals surface area contributed by atoms with E-state index >= 15 is 0 Å². The first-order chi connectivity index (χ1) is 13.8. The van der Waals surface area contributed by atoms with Crippen LogP contribution in [0.5, 0.6) is 0 Å². The first-order valence-electron chi connectivity index (χ1n) is 8.40. The minimum atomic E-state index is -0.771. The summed E-state index contributed by atoms with van der Waals surface area (Å²) in [6.07, 6.45) is -0.437. The zero-order valence-corrected chi connectivity index (χ0v) is 15.8. The lowest BCUT2D eigenvalue weighted by Crippen LogP contribution is -2.43. The molecule has 29 heavy (non-hydrogen) atoms. The number of carbonyl (C=O) groups excluding carboxylic acids is 4. The predicted molar refractivity (Wildman–Crippen MR) is 102 cm³/mol. The monoisotopic (exact) mass is 421 g/mol. The molecule has 2 rings (SSSR count). The molecule has 2 aromatic carbocycles. The Bertz CT molecular complexity index is 905. The molecular formula is C19H17ClFN3O5. The molecule has 0 saturated heterocycles. The summed E-state index contributed by atoms with van der Waals surface area (Å²) in [6, 6.07) is 11.4. The maximum absolute atomic E-state index is 12.8. The van der Waals surface area contributed by atoms with Crippen LogP contribution in [0.2, 0.25) is 5.02 Å².